The molecule has 0 radical (unpaired) electrons. The summed E-state index contributed by atoms with van der Waals surface area (Å²) in [5.74, 6) is -0.405. The summed E-state index contributed by atoms with van der Waals surface area (Å²) in [4.78, 5) is 9.77. The van der Waals surface area contributed by atoms with Gasteiger partial charge in [0.1, 0.15) is 11.6 Å². The highest BCUT2D eigenvalue weighted by atomic mass is 16.3. The van der Waals surface area contributed by atoms with Gasteiger partial charge in [0.25, 0.3) is 0 Å². The first-order chi connectivity index (χ1) is 30.1. The number of pyridine rings is 1. The third-order valence-electron chi connectivity index (χ3n) is 9.98. The molecule has 2 heterocycles. The largest absolute Gasteiger partial charge is 0.507 e. The van der Waals surface area contributed by atoms with Crippen molar-refractivity contribution < 1.29 is 17.4 Å². The monoisotopic (exact) mass is 726 g/mol. The van der Waals surface area contributed by atoms with Crippen molar-refractivity contribution >= 4 is 11.0 Å². The smallest absolute Gasteiger partial charge is 0.149 e. The fraction of sp³-hybridized carbons (Fsp3) is 0.176. The molecule has 2 aromatic heterocycles. The minimum atomic E-state index is -0.987. The molecular formula is C51H47N3O. The molecular weight excluding hydrogens is 671 g/mol. The van der Waals surface area contributed by atoms with Crippen molar-refractivity contribution in [1.29, 1.82) is 0 Å². The van der Waals surface area contributed by atoms with E-state index in [1.807, 2.05) is 150 Å². The van der Waals surface area contributed by atoms with Gasteiger partial charge in [-0.1, -0.05) is 125 Å². The number of rotatable bonds is 7. The number of phenolic OH excluding ortho intramolecular Hbond substituents is 1. The van der Waals surface area contributed by atoms with Crippen LogP contribution < -0.4 is 0 Å². The Morgan fingerprint density at radius 1 is 0.709 bits per heavy atom. The van der Waals surface area contributed by atoms with E-state index >= 15 is 0 Å². The van der Waals surface area contributed by atoms with Crippen LogP contribution in [0.25, 0.3) is 72.7 Å². The third-order valence-corrected chi connectivity index (χ3v) is 9.98. The number of nitrogens with zero attached hydrogens (tertiary/aromatic N) is 3. The van der Waals surface area contributed by atoms with E-state index in [1.165, 1.54) is 0 Å². The van der Waals surface area contributed by atoms with E-state index in [-0.39, 0.29) is 28.6 Å². The number of aromatic hydroxyl groups is 1. The molecule has 0 amide bonds. The SMILES string of the molecule is [2H]c1nc(-c2cc(-c3cccc4c3nc(-c3cc(C)cc(C)c3O)n4-c3ccc(-c4ccccc4)c(C([2H])(C)C)c3)cc(C(C)(C)C)c2)c([2H])c(-c2c([2H])c([2H])c([2H])c([2H])c2[2H])c1[2H]. The van der Waals surface area contributed by atoms with Crippen LogP contribution in [0.5, 0.6) is 5.75 Å². The second-order valence-electron chi connectivity index (χ2n) is 15.3. The fourth-order valence-corrected chi connectivity index (χ4v) is 7.17. The molecule has 4 heteroatoms. The van der Waals surface area contributed by atoms with E-state index in [0.717, 1.165) is 44.6 Å². The van der Waals surface area contributed by atoms with Crippen molar-refractivity contribution in [2.45, 2.75) is 59.8 Å². The Hall–Kier alpha value is -6.26. The van der Waals surface area contributed by atoms with E-state index in [1.54, 1.807) is 0 Å². The maximum atomic E-state index is 11.7. The minimum absolute atomic E-state index is 0.0118. The highest BCUT2D eigenvalue weighted by molar-refractivity contribution is 5.97. The number of benzene rings is 6. The average molecular weight is 727 g/mol. The molecule has 0 atom stereocenters. The van der Waals surface area contributed by atoms with Crippen molar-refractivity contribution in [3.8, 4) is 67.5 Å². The van der Waals surface area contributed by atoms with Crippen LogP contribution in [0.2, 0.25) is 0 Å². The maximum absolute atomic E-state index is 11.7. The van der Waals surface area contributed by atoms with Crippen LogP contribution in [-0.2, 0) is 5.41 Å². The highest BCUT2D eigenvalue weighted by Gasteiger charge is 2.24. The molecule has 0 aliphatic carbocycles. The molecule has 8 aromatic rings. The van der Waals surface area contributed by atoms with Crippen LogP contribution in [0, 0.1) is 13.8 Å². The molecule has 0 saturated heterocycles. The molecule has 0 aliphatic rings. The van der Waals surface area contributed by atoms with Gasteiger partial charge in [0.05, 0.1) is 33.3 Å². The lowest BCUT2D eigenvalue weighted by atomic mass is 9.83. The molecule has 4 nitrogen and oxygen atoms in total. The van der Waals surface area contributed by atoms with E-state index in [0.29, 0.717) is 33.6 Å². The third kappa shape index (κ3) is 6.85. The summed E-state index contributed by atoms with van der Waals surface area (Å²) in [5, 5.41) is 11.7. The molecule has 6 aromatic carbocycles. The van der Waals surface area contributed by atoms with Gasteiger partial charge in [0, 0.05) is 24.4 Å². The first-order valence-corrected chi connectivity index (χ1v) is 18.3. The molecule has 272 valence electrons. The van der Waals surface area contributed by atoms with Gasteiger partial charge >= 0.3 is 0 Å². The van der Waals surface area contributed by atoms with Crippen LogP contribution in [0.3, 0.4) is 0 Å². The van der Waals surface area contributed by atoms with Crippen molar-refractivity contribution in [3.63, 3.8) is 0 Å². The van der Waals surface area contributed by atoms with Gasteiger partial charge in [-0.15, -0.1) is 0 Å². The lowest BCUT2D eigenvalue weighted by Crippen LogP contribution is -2.11. The lowest BCUT2D eigenvalue weighted by molar-refractivity contribution is 0.472. The first kappa shape index (κ1) is 26.5. The number of imidazole rings is 1. The highest BCUT2D eigenvalue weighted by Crippen LogP contribution is 2.42. The first-order valence-electron chi connectivity index (χ1n) is 22.8. The normalized spacial score (nSPS) is 14.3. The zero-order chi connectivity index (χ0) is 46.3. The van der Waals surface area contributed by atoms with E-state index in [2.05, 4.69) is 4.98 Å². The molecule has 0 spiro atoms. The van der Waals surface area contributed by atoms with Crippen LogP contribution >= 0.6 is 0 Å². The summed E-state index contributed by atoms with van der Waals surface area (Å²) in [5.41, 5.74) is 8.63. The van der Waals surface area contributed by atoms with Crippen molar-refractivity contribution in [3.05, 3.63) is 168 Å². The van der Waals surface area contributed by atoms with E-state index < -0.39 is 53.7 Å². The summed E-state index contributed by atoms with van der Waals surface area (Å²) < 4.78 is 80.3. The number of para-hydroxylation sites is 1. The predicted octanol–water partition coefficient (Wildman–Crippen LogP) is 13.5. The standard InChI is InChI=1S/C51H47N3O/c1-32(2)44-31-41(21-22-42(44)36-17-12-9-13-18-36)54-47-20-14-19-43(48(47)53-50(54)45-26-33(3)25-34(4)49(45)55)38-27-39(29-40(28-38)51(5,6)7)46-30-37(23-24-52-46)35-15-10-8-11-16-35/h8-32,55H,1-7H3/i8D,10D,11D,15D,16D,23D,24D,30D,32D. The second kappa shape index (κ2) is 14.2. The molecule has 0 aliphatic heterocycles. The number of aryl methyl sites for hydroxylation is 2. The Morgan fingerprint density at radius 2 is 1.47 bits per heavy atom. The Balaban J connectivity index is 1.42. The van der Waals surface area contributed by atoms with Gasteiger partial charge in [-0.05, 0) is 124 Å². The lowest BCUT2D eigenvalue weighted by Gasteiger charge is -2.22. The fourth-order valence-electron chi connectivity index (χ4n) is 7.17. The zero-order valence-corrected chi connectivity index (χ0v) is 32.0. The van der Waals surface area contributed by atoms with E-state index in [4.69, 9.17) is 14.6 Å². The van der Waals surface area contributed by atoms with Gasteiger partial charge in [0.15, 0.2) is 0 Å². The molecule has 0 saturated carbocycles. The van der Waals surface area contributed by atoms with Crippen LogP contribution in [0.1, 0.15) is 75.1 Å². The Kier molecular flexibility index (Phi) is 6.84. The van der Waals surface area contributed by atoms with Crippen LogP contribution in [-0.4, -0.2) is 19.6 Å². The zero-order valence-electron chi connectivity index (χ0n) is 41.0. The second-order valence-corrected chi connectivity index (χ2v) is 15.3. The van der Waals surface area contributed by atoms with Crippen molar-refractivity contribution in [2.24, 2.45) is 0 Å². The van der Waals surface area contributed by atoms with Crippen LogP contribution in [0.15, 0.2) is 146 Å². The predicted molar refractivity (Wildman–Crippen MR) is 230 cm³/mol. The molecule has 0 unspecified atom stereocenters. The molecule has 8 rings (SSSR count). The summed E-state index contributed by atoms with van der Waals surface area (Å²) in [7, 11) is 0. The summed E-state index contributed by atoms with van der Waals surface area (Å²) >= 11 is 0. The molecule has 0 bridgehead atoms. The summed E-state index contributed by atoms with van der Waals surface area (Å²) in [6.07, 6.45) is -0.511. The van der Waals surface area contributed by atoms with E-state index in [9.17, 15) is 7.85 Å². The van der Waals surface area contributed by atoms with Crippen LogP contribution in [0.4, 0.5) is 0 Å². The maximum Gasteiger partial charge on any atom is 0.149 e. The number of hydrogen-bond donors (Lipinski definition) is 1. The average Bonchev–Trinajstić information content (AvgIpc) is 3.65. The topological polar surface area (TPSA) is 50.9 Å². The number of phenols is 1. The van der Waals surface area contributed by atoms with Crippen molar-refractivity contribution in [2.75, 3.05) is 0 Å². The van der Waals surface area contributed by atoms with Gasteiger partial charge in [-0.3, -0.25) is 9.55 Å². The minimum Gasteiger partial charge on any atom is -0.507 e. The van der Waals surface area contributed by atoms with Gasteiger partial charge in [-0.25, -0.2) is 4.98 Å². The summed E-state index contributed by atoms with van der Waals surface area (Å²) in [6.45, 7) is 13.7. The number of fused-ring (bicyclic) bond motifs is 1. The number of hydrogen-bond acceptors (Lipinski definition) is 3. The van der Waals surface area contributed by atoms with Gasteiger partial charge in [-0.2, -0.15) is 0 Å². The van der Waals surface area contributed by atoms with Crippen molar-refractivity contribution in [1.82, 2.24) is 14.5 Å². The molecule has 1 N–H and O–H groups in total. The summed E-state index contributed by atoms with van der Waals surface area (Å²) in [6, 6.07) is 27.6. The van der Waals surface area contributed by atoms with Gasteiger partial charge in [0.2, 0.25) is 0 Å². The Morgan fingerprint density at radius 3 is 2.22 bits per heavy atom. The number of aromatic nitrogens is 3. The quantitative estimate of drug-likeness (QED) is 0.178. The Labute approximate surface area is 337 Å². The molecule has 55 heavy (non-hydrogen) atoms. The molecule has 0 fully saturated rings. The Bertz CT molecular complexity index is 3170. The van der Waals surface area contributed by atoms with Gasteiger partial charge < -0.3 is 5.11 Å².